The highest BCUT2D eigenvalue weighted by molar-refractivity contribution is 5.79. The van der Waals surface area contributed by atoms with Gasteiger partial charge in [0.05, 0.1) is 17.3 Å². The molecular weight excluding hydrogens is 185 g/mol. The van der Waals surface area contributed by atoms with Crippen LogP contribution in [0, 0.1) is 5.82 Å². The molecule has 0 aliphatic rings. The lowest BCUT2D eigenvalue weighted by atomic mass is 10.1. The fourth-order valence-corrected chi connectivity index (χ4v) is 0.881. The van der Waals surface area contributed by atoms with Crippen molar-refractivity contribution < 1.29 is 18.0 Å². The van der Waals surface area contributed by atoms with Gasteiger partial charge in [-0.2, -0.15) is 0 Å². The molecule has 0 radical (unpaired) electrons. The summed E-state index contributed by atoms with van der Waals surface area (Å²) in [5.74, 6) is -1.63. The van der Waals surface area contributed by atoms with Crippen molar-refractivity contribution in [2.24, 2.45) is 0 Å². The zero-order valence-corrected chi connectivity index (χ0v) is 6.30. The number of hydrogen-bond donors (Lipinski definition) is 1. The maximum absolute atomic E-state index is 12.7. The summed E-state index contributed by atoms with van der Waals surface area (Å²) >= 11 is 0. The Bertz CT molecular complexity index is 341. The van der Waals surface area contributed by atoms with Gasteiger partial charge in [-0.25, -0.2) is 18.2 Å². The second kappa shape index (κ2) is 3.42. The number of anilines is 1. The Hall–Kier alpha value is -1.59. The van der Waals surface area contributed by atoms with Crippen LogP contribution in [-0.4, -0.2) is 11.3 Å². The number of halogens is 3. The Morgan fingerprint density at radius 2 is 2.15 bits per heavy atom. The highest BCUT2D eigenvalue weighted by Gasteiger charge is 2.20. The summed E-state index contributed by atoms with van der Waals surface area (Å²) in [5, 5.41) is 0. The fourth-order valence-electron chi connectivity index (χ4n) is 0.881. The van der Waals surface area contributed by atoms with Crippen molar-refractivity contribution in [3.63, 3.8) is 0 Å². The smallest absolute Gasteiger partial charge is 0.268 e. The fraction of sp³-hybridized carbons (Fsp3) is 0.143. The van der Waals surface area contributed by atoms with Gasteiger partial charge in [0.25, 0.3) is 6.43 Å². The summed E-state index contributed by atoms with van der Waals surface area (Å²) in [6.45, 7) is 0. The molecule has 0 unspecified atom stereocenters. The summed E-state index contributed by atoms with van der Waals surface area (Å²) in [4.78, 5) is 13.4. The van der Waals surface area contributed by atoms with Crippen LogP contribution in [0.15, 0.2) is 6.20 Å². The first-order chi connectivity index (χ1) is 6.07. The number of pyridine rings is 1. The van der Waals surface area contributed by atoms with E-state index in [2.05, 4.69) is 4.98 Å². The minimum absolute atomic E-state index is 0.00509. The molecule has 0 bridgehead atoms. The Balaban J connectivity index is 3.43. The first-order valence-electron chi connectivity index (χ1n) is 3.25. The Morgan fingerprint density at radius 3 is 2.54 bits per heavy atom. The van der Waals surface area contributed by atoms with Gasteiger partial charge in [-0.3, -0.25) is 4.79 Å². The number of nitrogen functional groups attached to an aromatic ring is 1. The van der Waals surface area contributed by atoms with Gasteiger partial charge in [0, 0.05) is 0 Å². The van der Waals surface area contributed by atoms with Crippen molar-refractivity contribution >= 4 is 12.1 Å². The summed E-state index contributed by atoms with van der Waals surface area (Å²) in [7, 11) is 0. The molecule has 0 fully saturated rings. The number of hydrogen-bond acceptors (Lipinski definition) is 3. The van der Waals surface area contributed by atoms with E-state index >= 15 is 0 Å². The van der Waals surface area contributed by atoms with Crippen LogP contribution in [0.4, 0.5) is 19.0 Å². The third-order valence-corrected chi connectivity index (χ3v) is 1.48. The Labute approximate surface area is 71.4 Å². The summed E-state index contributed by atoms with van der Waals surface area (Å²) in [6, 6.07) is 0. The predicted molar refractivity (Wildman–Crippen MR) is 39.0 cm³/mol. The van der Waals surface area contributed by atoms with Crippen molar-refractivity contribution in [1.29, 1.82) is 0 Å². The largest absolute Gasteiger partial charge is 0.383 e. The van der Waals surface area contributed by atoms with E-state index in [-0.39, 0.29) is 6.29 Å². The zero-order chi connectivity index (χ0) is 10.0. The van der Waals surface area contributed by atoms with Gasteiger partial charge in [0.1, 0.15) is 5.82 Å². The number of aldehydes is 1. The molecule has 1 aromatic rings. The van der Waals surface area contributed by atoms with E-state index in [9.17, 15) is 18.0 Å². The summed E-state index contributed by atoms with van der Waals surface area (Å²) in [6.07, 6.45) is -2.39. The molecule has 13 heavy (non-hydrogen) atoms. The van der Waals surface area contributed by atoms with Gasteiger partial charge in [0.15, 0.2) is 12.1 Å². The molecule has 0 aliphatic heterocycles. The SMILES string of the molecule is Nc1ncc(F)c(C=O)c1C(F)F. The van der Waals surface area contributed by atoms with Crippen LogP contribution in [0.3, 0.4) is 0 Å². The number of carbonyl (C=O) groups excluding carboxylic acids is 1. The highest BCUT2D eigenvalue weighted by atomic mass is 19.3. The van der Waals surface area contributed by atoms with Crippen LogP contribution in [0.25, 0.3) is 0 Å². The van der Waals surface area contributed by atoms with E-state index in [0.717, 1.165) is 0 Å². The van der Waals surface area contributed by atoms with Crippen LogP contribution in [0.1, 0.15) is 22.3 Å². The van der Waals surface area contributed by atoms with E-state index in [1.807, 2.05) is 0 Å². The maximum Gasteiger partial charge on any atom is 0.268 e. The summed E-state index contributed by atoms with van der Waals surface area (Å²) < 4.78 is 37.1. The normalized spacial score (nSPS) is 10.5. The van der Waals surface area contributed by atoms with Crippen molar-refractivity contribution in [2.45, 2.75) is 6.43 Å². The van der Waals surface area contributed by atoms with Gasteiger partial charge >= 0.3 is 0 Å². The topological polar surface area (TPSA) is 56.0 Å². The Morgan fingerprint density at radius 1 is 1.54 bits per heavy atom. The molecule has 1 aromatic heterocycles. The first kappa shape index (κ1) is 9.50. The number of nitrogens with zero attached hydrogens (tertiary/aromatic N) is 1. The third-order valence-electron chi connectivity index (χ3n) is 1.48. The van der Waals surface area contributed by atoms with Crippen molar-refractivity contribution in [3.8, 4) is 0 Å². The van der Waals surface area contributed by atoms with E-state index in [0.29, 0.717) is 6.20 Å². The number of aromatic nitrogens is 1. The molecule has 6 heteroatoms. The van der Waals surface area contributed by atoms with E-state index < -0.39 is 29.2 Å². The second-order valence-corrected chi connectivity index (χ2v) is 2.24. The lowest BCUT2D eigenvalue weighted by molar-refractivity contribution is 0.110. The molecule has 0 spiro atoms. The van der Waals surface area contributed by atoms with Crippen LogP contribution >= 0.6 is 0 Å². The molecule has 0 amide bonds. The standard InChI is InChI=1S/C7H5F3N2O/c8-4-1-12-7(11)5(6(9)10)3(4)2-13/h1-2,6H,(H2,11,12). The molecule has 2 N–H and O–H groups in total. The molecule has 70 valence electrons. The van der Waals surface area contributed by atoms with Crippen molar-refractivity contribution in [2.75, 3.05) is 5.73 Å². The molecule has 1 rings (SSSR count). The number of carbonyl (C=O) groups is 1. The molecule has 1 heterocycles. The minimum Gasteiger partial charge on any atom is -0.383 e. The van der Waals surface area contributed by atoms with Crippen LogP contribution < -0.4 is 5.73 Å². The third kappa shape index (κ3) is 1.61. The van der Waals surface area contributed by atoms with Crippen molar-refractivity contribution in [3.05, 3.63) is 23.1 Å². The highest BCUT2D eigenvalue weighted by Crippen LogP contribution is 2.27. The van der Waals surface area contributed by atoms with Gasteiger partial charge in [-0.15, -0.1) is 0 Å². The number of rotatable bonds is 2. The monoisotopic (exact) mass is 190 g/mol. The van der Waals surface area contributed by atoms with E-state index in [1.165, 1.54) is 0 Å². The zero-order valence-electron chi connectivity index (χ0n) is 6.30. The number of nitrogens with two attached hydrogens (primary N) is 1. The molecule has 0 atom stereocenters. The maximum atomic E-state index is 12.7. The van der Waals surface area contributed by atoms with Crippen LogP contribution in [-0.2, 0) is 0 Å². The molecule has 0 aliphatic carbocycles. The van der Waals surface area contributed by atoms with Crippen molar-refractivity contribution in [1.82, 2.24) is 4.98 Å². The first-order valence-corrected chi connectivity index (χ1v) is 3.25. The quantitative estimate of drug-likeness (QED) is 0.720. The average Bonchev–Trinajstić information content (AvgIpc) is 2.07. The van der Waals surface area contributed by atoms with Crippen LogP contribution in [0.5, 0.6) is 0 Å². The lowest BCUT2D eigenvalue weighted by Crippen LogP contribution is -2.05. The lowest BCUT2D eigenvalue weighted by Gasteiger charge is -2.06. The molecular formula is C7H5F3N2O. The van der Waals surface area contributed by atoms with Gasteiger partial charge in [0.2, 0.25) is 0 Å². The minimum atomic E-state index is -3.01. The second-order valence-electron chi connectivity index (χ2n) is 2.24. The van der Waals surface area contributed by atoms with Gasteiger partial charge < -0.3 is 5.73 Å². The van der Waals surface area contributed by atoms with Gasteiger partial charge in [-0.1, -0.05) is 0 Å². The van der Waals surface area contributed by atoms with Gasteiger partial charge in [-0.05, 0) is 0 Å². The average molecular weight is 190 g/mol. The number of alkyl halides is 2. The van der Waals surface area contributed by atoms with Crippen LogP contribution in [0.2, 0.25) is 0 Å². The predicted octanol–water partition coefficient (Wildman–Crippen LogP) is 1.55. The van der Waals surface area contributed by atoms with E-state index in [4.69, 9.17) is 5.73 Å². The molecule has 0 saturated carbocycles. The Kier molecular flexibility index (Phi) is 2.50. The summed E-state index contributed by atoms with van der Waals surface area (Å²) in [5.41, 5.74) is 3.46. The molecule has 3 nitrogen and oxygen atoms in total. The van der Waals surface area contributed by atoms with E-state index in [1.54, 1.807) is 0 Å². The molecule has 0 saturated heterocycles. The molecule has 0 aromatic carbocycles.